The molecule has 0 unspecified atom stereocenters. The summed E-state index contributed by atoms with van der Waals surface area (Å²) in [7, 11) is 2.16. The maximum atomic E-state index is 12.1. The first kappa shape index (κ1) is 26.6. The van der Waals surface area contributed by atoms with E-state index in [1.807, 2.05) is 11.1 Å². The van der Waals surface area contributed by atoms with Crippen LogP contribution in [0.2, 0.25) is 0 Å². The van der Waals surface area contributed by atoms with Crippen LogP contribution in [0.25, 0.3) is 0 Å². The summed E-state index contributed by atoms with van der Waals surface area (Å²) in [6, 6.07) is 4.23. The van der Waals surface area contributed by atoms with E-state index < -0.39 is 0 Å². The minimum atomic E-state index is 0. The van der Waals surface area contributed by atoms with E-state index in [9.17, 15) is 4.79 Å². The maximum Gasteiger partial charge on any atom is 0.222 e. The number of carbonyl (C=O) groups is 1. The third kappa shape index (κ3) is 8.73. The van der Waals surface area contributed by atoms with E-state index in [-0.39, 0.29) is 24.0 Å². The SMILES string of the molecule is CCNC(=NCc1ccc(N2CCN(C)CC2)nc1)NCCCN1CCCCCC1=O.I. The van der Waals surface area contributed by atoms with Crippen LogP contribution >= 0.6 is 24.0 Å². The number of hydrogen-bond donors (Lipinski definition) is 2. The number of rotatable bonds is 8. The minimum absolute atomic E-state index is 0. The zero-order valence-corrected chi connectivity index (χ0v) is 22.0. The fourth-order valence-corrected chi connectivity index (χ4v) is 4.00. The molecule has 1 amide bonds. The van der Waals surface area contributed by atoms with Crippen LogP contribution in [-0.4, -0.2) is 86.1 Å². The predicted molar refractivity (Wildman–Crippen MR) is 142 cm³/mol. The fraction of sp³-hybridized carbons (Fsp3) is 0.696. The summed E-state index contributed by atoms with van der Waals surface area (Å²) in [5.41, 5.74) is 1.10. The van der Waals surface area contributed by atoms with Gasteiger partial charge in [-0.3, -0.25) is 4.79 Å². The molecule has 1 aromatic heterocycles. The molecule has 0 saturated carbocycles. The van der Waals surface area contributed by atoms with E-state index in [0.29, 0.717) is 18.9 Å². The molecule has 0 aliphatic carbocycles. The molecule has 8 nitrogen and oxygen atoms in total. The number of likely N-dealkylation sites (tertiary alicyclic amines) is 1. The summed E-state index contributed by atoms with van der Waals surface area (Å²) in [6.07, 6.45) is 6.91. The van der Waals surface area contributed by atoms with Crippen LogP contribution in [0, 0.1) is 0 Å². The Kier molecular flexibility index (Phi) is 12.1. The number of amides is 1. The lowest BCUT2D eigenvalue weighted by molar-refractivity contribution is -0.130. The number of guanidine groups is 1. The van der Waals surface area contributed by atoms with Crippen LogP contribution in [0.5, 0.6) is 0 Å². The third-order valence-corrected chi connectivity index (χ3v) is 5.97. The molecule has 2 aliphatic rings. The molecule has 0 spiro atoms. The van der Waals surface area contributed by atoms with Crippen LogP contribution < -0.4 is 15.5 Å². The lowest BCUT2D eigenvalue weighted by Gasteiger charge is -2.33. The van der Waals surface area contributed by atoms with E-state index >= 15 is 0 Å². The highest BCUT2D eigenvalue weighted by Gasteiger charge is 2.16. The largest absolute Gasteiger partial charge is 0.357 e. The highest BCUT2D eigenvalue weighted by atomic mass is 127. The van der Waals surface area contributed by atoms with E-state index in [2.05, 4.69) is 51.5 Å². The molecular weight excluding hydrogens is 517 g/mol. The van der Waals surface area contributed by atoms with E-state index in [4.69, 9.17) is 4.99 Å². The third-order valence-electron chi connectivity index (χ3n) is 5.97. The van der Waals surface area contributed by atoms with E-state index in [0.717, 1.165) is 89.0 Å². The second kappa shape index (κ2) is 14.5. The fourth-order valence-electron chi connectivity index (χ4n) is 4.00. The van der Waals surface area contributed by atoms with Gasteiger partial charge in [0.05, 0.1) is 6.54 Å². The van der Waals surface area contributed by atoms with Crippen molar-refractivity contribution in [3.05, 3.63) is 23.9 Å². The van der Waals surface area contributed by atoms with Crippen molar-refractivity contribution in [3.63, 3.8) is 0 Å². The Morgan fingerprint density at radius 3 is 2.62 bits per heavy atom. The molecule has 32 heavy (non-hydrogen) atoms. The van der Waals surface area contributed by atoms with Crippen molar-refractivity contribution in [2.24, 2.45) is 4.99 Å². The normalized spacial score (nSPS) is 18.2. The Labute approximate surface area is 210 Å². The van der Waals surface area contributed by atoms with Gasteiger partial charge in [-0.25, -0.2) is 9.98 Å². The Balaban J connectivity index is 0.00000363. The number of piperazine rings is 1. The number of anilines is 1. The van der Waals surface area contributed by atoms with Crippen LogP contribution in [0.3, 0.4) is 0 Å². The molecule has 2 aliphatic heterocycles. The summed E-state index contributed by atoms with van der Waals surface area (Å²) in [5, 5.41) is 6.70. The first-order valence-corrected chi connectivity index (χ1v) is 11.8. The lowest BCUT2D eigenvalue weighted by Crippen LogP contribution is -2.44. The van der Waals surface area contributed by atoms with Gasteiger partial charge in [-0.1, -0.05) is 12.5 Å². The van der Waals surface area contributed by atoms with Gasteiger partial charge in [-0.15, -0.1) is 24.0 Å². The van der Waals surface area contributed by atoms with Crippen molar-refractivity contribution < 1.29 is 4.79 Å². The van der Waals surface area contributed by atoms with Gasteiger partial charge < -0.3 is 25.3 Å². The van der Waals surface area contributed by atoms with Crippen molar-refractivity contribution in [2.45, 2.75) is 45.6 Å². The van der Waals surface area contributed by atoms with Gasteiger partial charge in [-0.05, 0) is 44.9 Å². The smallest absolute Gasteiger partial charge is 0.222 e. The van der Waals surface area contributed by atoms with Crippen LogP contribution in [0.4, 0.5) is 5.82 Å². The standard InChI is InChI=1S/C23H39N7O.HI/c1-3-24-23(25-11-7-13-30-12-6-4-5-8-22(30)31)27-19-20-9-10-21(26-18-20)29-16-14-28(2)15-17-29;/h9-10,18H,3-8,11-17,19H2,1-2H3,(H2,24,25,27);1H. The molecule has 0 aromatic carbocycles. The number of carbonyl (C=O) groups excluding carboxylic acids is 1. The molecule has 0 atom stereocenters. The quantitative estimate of drug-likeness (QED) is 0.221. The molecule has 1 aromatic rings. The number of aliphatic imine (C=N–C) groups is 1. The number of halogens is 1. The maximum absolute atomic E-state index is 12.1. The minimum Gasteiger partial charge on any atom is -0.357 e. The summed E-state index contributed by atoms with van der Waals surface area (Å²) in [5.74, 6) is 2.17. The average Bonchev–Trinajstić information content (AvgIpc) is 3.00. The number of nitrogens with zero attached hydrogens (tertiary/aromatic N) is 5. The second-order valence-electron chi connectivity index (χ2n) is 8.48. The van der Waals surface area contributed by atoms with Gasteiger partial charge in [-0.2, -0.15) is 0 Å². The van der Waals surface area contributed by atoms with E-state index in [1.54, 1.807) is 0 Å². The molecule has 180 valence electrons. The first-order chi connectivity index (χ1) is 15.2. The van der Waals surface area contributed by atoms with Crippen LogP contribution in [0.15, 0.2) is 23.3 Å². The molecule has 2 saturated heterocycles. The molecule has 9 heteroatoms. The zero-order valence-electron chi connectivity index (χ0n) is 19.7. The Hall–Kier alpha value is -1.62. The van der Waals surface area contributed by atoms with Crippen molar-refractivity contribution in [1.82, 2.24) is 25.4 Å². The topological polar surface area (TPSA) is 76.1 Å². The van der Waals surface area contributed by atoms with Crippen LogP contribution in [0.1, 0.15) is 44.6 Å². The van der Waals surface area contributed by atoms with Crippen molar-refractivity contribution >= 4 is 41.7 Å². The lowest BCUT2D eigenvalue weighted by atomic mass is 10.2. The van der Waals surface area contributed by atoms with Gasteiger partial charge in [0, 0.05) is 65.0 Å². The summed E-state index contributed by atoms with van der Waals surface area (Å²) in [6.45, 7) is 10.2. The first-order valence-electron chi connectivity index (χ1n) is 11.8. The highest BCUT2D eigenvalue weighted by Crippen LogP contribution is 2.14. The van der Waals surface area contributed by atoms with Crippen molar-refractivity contribution in [1.29, 1.82) is 0 Å². The molecule has 3 heterocycles. The molecule has 3 rings (SSSR count). The zero-order chi connectivity index (χ0) is 21.9. The molecule has 0 radical (unpaired) electrons. The van der Waals surface area contributed by atoms with Crippen LogP contribution in [-0.2, 0) is 11.3 Å². The number of pyridine rings is 1. The Morgan fingerprint density at radius 1 is 1.09 bits per heavy atom. The molecule has 2 fully saturated rings. The number of aromatic nitrogens is 1. The number of likely N-dealkylation sites (N-methyl/N-ethyl adjacent to an activating group) is 1. The highest BCUT2D eigenvalue weighted by molar-refractivity contribution is 14.0. The summed E-state index contributed by atoms with van der Waals surface area (Å²) < 4.78 is 0. The summed E-state index contributed by atoms with van der Waals surface area (Å²) in [4.78, 5) is 28.2. The monoisotopic (exact) mass is 557 g/mol. The Bertz CT molecular complexity index is 705. The van der Waals surface area contributed by atoms with Gasteiger partial charge >= 0.3 is 0 Å². The van der Waals surface area contributed by atoms with Gasteiger partial charge in [0.1, 0.15) is 5.82 Å². The number of hydrogen-bond acceptors (Lipinski definition) is 5. The Morgan fingerprint density at radius 2 is 1.91 bits per heavy atom. The van der Waals surface area contributed by atoms with E-state index in [1.165, 1.54) is 6.42 Å². The number of nitrogens with one attached hydrogen (secondary N) is 2. The predicted octanol–water partition coefficient (Wildman–Crippen LogP) is 2.30. The molecule has 2 N–H and O–H groups in total. The summed E-state index contributed by atoms with van der Waals surface area (Å²) >= 11 is 0. The van der Waals surface area contributed by atoms with Crippen molar-refractivity contribution in [3.8, 4) is 0 Å². The van der Waals surface area contributed by atoms with Gasteiger partial charge in [0.15, 0.2) is 5.96 Å². The van der Waals surface area contributed by atoms with Crippen molar-refractivity contribution in [2.75, 3.05) is 64.3 Å². The second-order valence-corrected chi connectivity index (χ2v) is 8.48. The van der Waals surface area contributed by atoms with Gasteiger partial charge in [0.2, 0.25) is 5.91 Å². The molecule has 0 bridgehead atoms. The van der Waals surface area contributed by atoms with Gasteiger partial charge in [0.25, 0.3) is 0 Å². The molecular formula is C23H40IN7O. The average molecular weight is 558 g/mol.